The summed E-state index contributed by atoms with van der Waals surface area (Å²) in [5.74, 6) is -0.694. The first-order valence-electron chi connectivity index (χ1n) is 11.0. The molecule has 4 aromatic rings. The summed E-state index contributed by atoms with van der Waals surface area (Å²) in [5.41, 5.74) is 1.74. The van der Waals surface area contributed by atoms with Crippen LogP contribution in [-0.2, 0) is 16.2 Å². The van der Waals surface area contributed by atoms with Gasteiger partial charge < -0.3 is 4.74 Å². The van der Waals surface area contributed by atoms with Gasteiger partial charge in [0.2, 0.25) is 0 Å². The summed E-state index contributed by atoms with van der Waals surface area (Å²) < 4.78 is 6.09. The zero-order valence-corrected chi connectivity index (χ0v) is 21.0. The topological polar surface area (TPSA) is 58.6 Å². The predicted octanol–water partition coefficient (Wildman–Crippen LogP) is 6.56. The summed E-state index contributed by atoms with van der Waals surface area (Å²) in [6.45, 7) is 0.319. The first kappa shape index (κ1) is 24.0. The van der Waals surface area contributed by atoms with Gasteiger partial charge >= 0.3 is 0 Å². The van der Waals surface area contributed by atoms with Crippen LogP contribution < -0.4 is 15.0 Å². The van der Waals surface area contributed by atoms with Crippen molar-refractivity contribution in [1.82, 2.24) is 5.32 Å². The van der Waals surface area contributed by atoms with Crippen molar-refractivity contribution in [3.05, 3.63) is 112 Å². The maximum absolute atomic E-state index is 13.4. The van der Waals surface area contributed by atoms with Crippen LogP contribution in [0.1, 0.15) is 11.1 Å². The molecule has 2 amide bonds. The summed E-state index contributed by atoms with van der Waals surface area (Å²) >= 11 is 17.7. The van der Waals surface area contributed by atoms with Gasteiger partial charge in [0.15, 0.2) is 5.11 Å². The minimum Gasteiger partial charge on any atom is -0.488 e. The number of carbonyl (C=O) groups is 2. The van der Waals surface area contributed by atoms with Gasteiger partial charge in [-0.25, -0.2) is 0 Å². The number of thiocarbonyl (C=S) groups is 1. The number of fused-ring (bicyclic) bond motifs is 1. The van der Waals surface area contributed by atoms with E-state index < -0.39 is 11.8 Å². The third-order valence-corrected chi connectivity index (χ3v) is 6.79. The fourth-order valence-corrected chi connectivity index (χ4v) is 4.57. The maximum Gasteiger partial charge on any atom is 0.270 e. The molecule has 0 aromatic heterocycles. The molecular formula is C28H18Cl2N2O3S. The number of nitrogens with zero attached hydrogens (tertiary/aromatic N) is 1. The molecule has 5 rings (SSSR count). The Hall–Kier alpha value is -3.71. The van der Waals surface area contributed by atoms with Crippen LogP contribution in [0.3, 0.4) is 0 Å². The summed E-state index contributed by atoms with van der Waals surface area (Å²) in [7, 11) is 0. The molecule has 178 valence electrons. The largest absolute Gasteiger partial charge is 0.488 e. The molecular weight excluding hydrogens is 515 g/mol. The third kappa shape index (κ3) is 4.71. The first-order valence-corrected chi connectivity index (χ1v) is 12.1. The van der Waals surface area contributed by atoms with Crippen molar-refractivity contribution in [3.8, 4) is 5.75 Å². The van der Waals surface area contributed by atoms with E-state index in [1.807, 2.05) is 36.4 Å². The molecule has 1 aliphatic heterocycles. The van der Waals surface area contributed by atoms with E-state index in [1.165, 1.54) is 6.08 Å². The Morgan fingerprint density at radius 2 is 1.64 bits per heavy atom. The minimum atomic E-state index is -0.614. The van der Waals surface area contributed by atoms with Crippen LogP contribution in [0.15, 0.2) is 90.5 Å². The van der Waals surface area contributed by atoms with E-state index in [4.69, 9.17) is 40.2 Å². The molecule has 1 saturated heterocycles. The molecule has 0 saturated carbocycles. The van der Waals surface area contributed by atoms with Crippen molar-refractivity contribution in [2.24, 2.45) is 0 Å². The van der Waals surface area contributed by atoms with E-state index in [0.29, 0.717) is 17.9 Å². The highest BCUT2D eigenvalue weighted by Crippen LogP contribution is 2.35. The average molecular weight is 533 g/mol. The van der Waals surface area contributed by atoms with Crippen LogP contribution in [0, 0.1) is 0 Å². The highest BCUT2D eigenvalue weighted by molar-refractivity contribution is 7.80. The van der Waals surface area contributed by atoms with Crippen LogP contribution in [0.5, 0.6) is 5.75 Å². The zero-order valence-electron chi connectivity index (χ0n) is 18.7. The number of nitrogens with one attached hydrogen (secondary N) is 1. The zero-order chi connectivity index (χ0) is 25.2. The molecule has 0 atom stereocenters. The highest BCUT2D eigenvalue weighted by atomic mass is 35.5. The monoisotopic (exact) mass is 532 g/mol. The second kappa shape index (κ2) is 10.1. The molecule has 0 aliphatic carbocycles. The number of benzene rings is 4. The molecule has 0 bridgehead atoms. The summed E-state index contributed by atoms with van der Waals surface area (Å²) in [4.78, 5) is 27.3. The smallest absolute Gasteiger partial charge is 0.270 e. The lowest BCUT2D eigenvalue weighted by Crippen LogP contribution is -2.54. The maximum atomic E-state index is 13.4. The van der Waals surface area contributed by atoms with Gasteiger partial charge in [0.05, 0.1) is 15.7 Å². The van der Waals surface area contributed by atoms with E-state index in [1.54, 1.807) is 36.4 Å². The normalized spacial score (nSPS) is 14.9. The Bertz CT molecular complexity index is 1570. The molecule has 0 spiro atoms. The second-order valence-electron chi connectivity index (χ2n) is 8.04. The number of carbonyl (C=O) groups excluding carboxylic acids is 2. The summed E-state index contributed by atoms with van der Waals surface area (Å²) in [6.07, 6.45) is 1.49. The first-order chi connectivity index (χ1) is 17.4. The Morgan fingerprint density at radius 3 is 2.47 bits per heavy atom. The van der Waals surface area contributed by atoms with Crippen LogP contribution in [0.2, 0.25) is 10.0 Å². The number of rotatable bonds is 5. The van der Waals surface area contributed by atoms with Gasteiger partial charge in [0, 0.05) is 5.56 Å². The predicted molar refractivity (Wildman–Crippen MR) is 147 cm³/mol. The van der Waals surface area contributed by atoms with Gasteiger partial charge in [0.25, 0.3) is 11.8 Å². The van der Waals surface area contributed by atoms with Gasteiger partial charge in [-0.15, -0.1) is 0 Å². The lowest BCUT2D eigenvalue weighted by atomic mass is 10.1. The number of hydrogen-bond donors (Lipinski definition) is 1. The third-order valence-electron chi connectivity index (χ3n) is 5.70. The SMILES string of the molecule is O=C1NC(=S)N(c2cccc(Cl)c2Cl)C(=O)/C1=C/c1ccccc1OCc1ccc2ccccc2c1. The van der Waals surface area contributed by atoms with Gasteiger partial charge in [-0.3, -0.25) is 19.8 Å². The van der Waals surface area contributed by atoms with E-state index in [-0.39, 0.29) is 26.4 Å². The lowest BCUT2D eigenvalue weighted by molar-refractivity contribution is -0.122. The van der Waals surface area contributed by atoms with Crippen LogP contribution in [0.25, 0.3) is 16.8 Å². The standard InChI is InChI=1S/C28H18Cl2N2O3S/c29-22-9-5-10-23(25(22)30)32-27(34)21(26(33)31-28(32)36)15-20-8-3-4-11-24(20)35-16-17-12-13-18-6-1-2-7-19(18)14-17/h1-15H,16H2,(H,31,33,36)/b21-15+. The van der Waals surface area contributed by atoms with Crippen molar-refractivity contribution in [1.29, 1.82) is 0 Å². The molecule has 1 aliphatic rings. The Labute approximate surface area is 222 Å². The van der Waals surface area contributed by atoms with E-state index >= 15 is 0 Å². The molecule has 0 radical (unpaired) electrons. The van der Waals surface area contributed by atoms with Crippen molar-refractivity contribution >= 4 is 74.9 Å². The summed E-state index contributed by atoms with van der Waals surface area (Å²) in [5, 5.41) is 5.17. The number of ether oxygens (including phenoxy) is 1. The van der Waals surface area contributed by atoms with Gasteiger partial charge in [0.1, 0.15) is 17.9 Å². The highest BCUT2D eigenvalue weighted by Gasteiger charge is 2.35. The van der Waals surface area contributed by atoms with Crippen molar-refractivity contribution < 1.29 is 14.3 Å². The minimum absolute atomic E-state index is 0.0767. The lowest BCUT2D eigenvalue weighted by Gasteiger charge is -2.29. The molecule has 36 heavy (non-hydrogen) atoms. The van der Waals surface area contributed by atoms with Crippen LogP contribution in [0.4, 0.5) is 5.69 Å². The van der Waals surface area contributed by atoms with Crippen molar-refractivity contribution in [2.45, 2.75) is 6.61 Å². The van der Waals surface area contributed by atoms with E-state index in [0.717, 1.165) is 21.2 Å². The Kier molecular flexibility index (Phi) is 6.74. The Morgan fingerprint density at radius 1 is 0.889 bits per heavy atom. The number of anilines is 1. The molecule has 4 aromatic carbocycles. The quantitative estimate of drug-likeness (QED) is 0.179. The van der Waals surface area contributed by atoms with Gasteiger partial charge in [-0.05, 0) is 58.9 Å². The Balaban J connectivity index is 1.44. The average Bonchev–Trinajstić information content (AvgIpc) is 2.88. The number of halogens is 2. The molecule has 1 N–H and O–H groups in total. The fraction of sp³-hybridized carbons (Fsp3) is 0.0357. The molecule has 1 heterocycles. The van der Waals surface area contributed by atoms with E-state index in [9.17, 15) is 9.59 Å². The summed E-state index contributed by atoms with van der Waals surface area (Å²) in [6, 6.07) is 26.3. The van der Waals surface area contributed by atoms with Gasteiger partial charge in [-0.2, -0.15) is 0 Å². The second-order valence-corrected chi connectivity index (χ2v) is 9.21. The van der Waals surface area contributed by atoms with E-state index in [2.05, 4.69) is 17.4 Å². The van der Waals surface area contributed by atoms with Crippen LogP contribution in [-0.4, -0.2) is 16.9 Å². The van der Waals surface area contributed by atoms with Gasteiger partial charge in [-0.1, -0.05) is 83.9 Å². The fourth-order valence-electron chi connectivity index (χ4n) is 3.92. The molecule has 1 fully saturated rings. The number of hydrogen-bond acceptors (Lipinski definition) is 4. The molecule has 5 nitrogen and oxygen atoms in total. The molecule has 8 heteroatoms. The number of amides is 2. The molecule has 0 unspecified atom stereocenters. The van der Waals surface area contributed by atoms with Crippen LogP contribution >= 0.6 is 35.4 Å². The van der Waals surface area contributed by atoms with Crippen molar-refractivity contribution in [2.75, 3.05) is 4.90 Å². The number of para-hydroxylation sites is 1. The van der Waals surface area contributed by atoms with Crippen molar-refractivity contribution in [3.63, 3.8) is 0 Å².